The van der Waals surface area contributed by atoms with Gasteiger partial charge in [-0.25, -0.2) is 0 Å². The second-order valence-electron chi connectivity index (χ2n) is 2.68. The summed E-state index contributed by atoms with van der Waals surface area (Å²) in [7, 11) is 0. The number of amides is 1. The van der Waals surface area contributed by atoms with E-state index >= 15 is 0 Å². The van der Waals surface area contributed by atoms with Crippen molar-refractivity contribution in [3.8, 4) is 0 Å². The minimum Gasteiger partial charge on any atom is -0.354 e. The third-order valence-electron chi connectivity index (χ3n) is 1.76. The Bertz CT molecular complexity index is 105. The van der Waals surface area contributed by atoms with Crippen LogP contribution in [0, 0.1) is 0 Å². The minimum absolute atomic E-state index is 0.113. The van der Waals surface area contributed by atoms with Crippen LogP contribution in [0.4, 0.5) is 0 Å². The average molecular weight is 127 g/mol. The highest BCUT2D eigenvalue weighted by atomic mass is 16.1. The Hall–Kier alpha value is -0.530. The number of rotatable bonds is 1. The first-order chi connectivity index (χ1) is 4.29. The smallest absolute Gasteiger partial charge is 0.217 e. The second kappa shape index (κ2) is 2.85. The molecule has 0 aromatic heterocycles. The zero-order valence-corrected chi connectivity index (χ0v) is 5.81. The summed E-state index contributed by atoms with van der Waals surface area (Å²) in [6, 6.07) is 0.488. The number of hydrogen-bond acceptors (Lipinski definition) is 1. The summed E-state index contributed by atoms with van der Waals surface area (Å²) in [4.78, 5) is 10.5. The molecule has 0 aromatic rings. The van der Waals surface area contributed by atoms with Crippen molar-refractivity contribution in [1.82, 2.24) is 5.32 Å². The molecule has 1 N–H and O–H groups in total. The van der Waals surface area contributed by atoms with Gasteiger partial charge in [0, 0.05) is 13.0 Å². The van der Waals surface area contributed by atoms with Crippen molar-refractivity contribution in [3.05, 3.63) is 0 Å². The molecule has 0 bridgehead atoms. The fraction of sp³-hybridized carbons (Fsp3) is 0.857. The fourth-order valence-corrected chi connectivity index (χ4v) is 1.36. The molecule has 2 nitrogen and oxygen atoms in total. The minimum atomic E-state index is 0.113. The molecule has 1 saturated carbocycles. The van der Waals surface area contributed by atoms with Gasteiger partial charge in [-0.2, -0.15) is 0 Å². The summed E-state index contributed by atoms with van der Waals surface area (Å²) in [6.45, 7) is 1.58. The van der Waals surface area contributed by atoms with Crippen molar-refractivity contribution < 1.29 is 4.79 Å². The first-order valence-corrected chi connectivity index (χ1v) is 3.56. The lowest BCUT2D eigenvalue weighted by molar-refractivity contribution is -0.119. The second-order valence-corrected chi connectivity index (χ2v) is 2.68. The summed E-state index contributed by atoms with van der Waals surface area (Å²) in [5.41, 5.74) is 0. The van der Waals surface area contributed by atoms with Gasteiger partial charge in [0.25, 0.3) is 0 Å². The Morgan fingerprint density at radius 2 is 2.00 bits per heavy atom. The van der Waals surface area contributed by atoms with Gasteiger partial charge in [0.2, 0.25) is 5.91 Å². The lowest BCUT2D eigenvalue weighted by Gasteiger charge is -2.07. The largest absolute Gasteiger partial charge is 0.354 e. The molecule has 0 atom stereocenters. The van der Waals surface area contributed by atoms with E-state index < -0.39 is 0 Å². The van der Waals surface area contributed by atoms with Crippen LogP contribution >= 0.6 is 0 Å². The molecule has 0 unspecified atom stereocenters. The van der Waals surface area contributed by atoms with Crippen molar-refractivity contribution in [1.29, 1.82) is 0 Å². The van der Waals surface area contributed by atoms with Crippen LogP contribution in [0.5, 0.6) is 0 Å². The molecule has 2 heteroatoms. The molecule has 52 valence electrons. The standard InChI is InChI=1S/C7H13NO/c1-6(9)8-7-4-2-3-5-7/h7H,2-5H2,1H3,(H,8,9). The van der Waals surface area contributed by atoms with Crippen LogP contribution in [-0.2, 0) is 4.79 Å². The Labute approximate surface area is 55.6 Å². The third kappa shape index (κ3) is 2.04. The van der Waals surface area contributed by atoms with Gasteiger partial charge in [0.05, 0.1) is 0 Å². The van der Waals surface area contributed by atoms with E-state index in [0.717, 1.165) is 0 Å². The van der Waals surface area contributed by atoms with Crippen molar-refractivity contribution in [2.75, 3.05) is 0 Å². The lowest BCUT2D eigenvalue weighted by Crippen LogP contribution is -2.30. The molecule has 0 heterocycles. The molecule has 1 fully saturated rings. The van der Waals surface area contributed by atoms with Gasteiger partial charge in [0.15, 0.2) is 0 Å². The first kappa shape index (κ1) is 6.59. The van der Waals surface area contributed by atoms with Gasteiger partial charge in [-0.1, -0.05) is 12.8 Å². The SMILES string of the molecule is CC(=O)NC1CCCC1. The van der Waals surface area contributed by atoms with Crippen LogP contribution in [-0.4, -0.2) is 11.9 Å². The molecular formula is C7H13NO. The van der Waals surface area contributed by atoms with E-state index in [1.165, 1.54) is 25.7 Å². The summed E-state index contributed by atoms with van der Waals surface area (Å²) in [5, 5.41) is 2.90. The Balaban J connectivity index is 2.19. The first-order valence-electron chi connectivity index (χ1n) is 3.56. The maximum atomic E-state index is 10.5. The van der Waals surface area contributed by atoms with E-state index in [1.807, 2.05) is 0 Å². The molecule has 0 aliphatic heterocycles. The predicted octanol–water partition coefficient (Wildman–Crippen LogP) is 1.07. The van der Waals surface area contributed by atoms with Gasteiger partial charge < -0.3 is 5.32 Å². The van der Waals surface area contributed by atoms with E-state index in [4.69, 9.17) is 0 Å². The van der Waals surface area contributed by atoms with Crippen LogP contribution in [0.3, 0.4) is 0 Å². The molecule has 9 heavy (non-hydrogen) atoms. The fourth-order valence-electron chi connectivity index (χ4n) is 1.36. The van der Waals surface area contributed by atoms with Crippen LogP contribution in [0.1, 0.15) is 32.6 Å². The molecule has 0 spiro atoms. The molecule has 1 aliphatic rings. The maximum absolute atomic E-state index is 10.5. The maximum Gasteiger partial charge on any atom is 0.217 e. The topological polar surface area (TPSA) is 29.1 Å². The number of hydrogen-bond donors (Lipinski definition) is 1. The van der Waals surface area contributed by atoms with Crippen molar-refractivity contribution >= 4 is 5.91 Å². The van der Waals surface area contributed by atoms with E-state index in [9.17, 15) is 4.79 Å². The number of carbonyl (C=O) groups is 1. The van der Waals surface area contributed by atoms with Gasteiger partial charge in [-0.3, -0.25) is 4.79 Å². The van der Waals surface area contributed by atoms with Crippen molar-refractivity contribution in [3.63, 3.8) is 0 Å². The zero-order chi connectivity index (χ0) is 6.69. The molecule has 0 saturated heterocycles. The van der Waals surface area contributed by atoms with Gasteiger partial charge in [-0.05, 0) is 12.8 Å². The highest BCUT2D eigenvalue weighted by molar-refractivity contribution is 5.73. The number of carbonyl (C=O) groups excluding carboxylic acids is 1. The summed E-state index contributed by atoms with van der Waals surface area (Å²) in [6.07, 6.45) is 4.93. The van der Waals surface area contributed by atoms with Crippen LogP contribution in [0.15, 0.2) is 0 Å². The van der Waals surface area contributed by atoms with Crippen molar-refractivity contribution in [2.45, 2.75) is 38.6 Å². The van der Waals surface area contributed by atoms with E-state index in [-0.39, 0.29) is 5.91 Å². The molecule has 1 aliphatic carbocycles. The Kier molecular flexibility index (Phi) is 2.09. The van der Waals surface area contributed by atoms with Gasteiger partial charge >= 0.3 is 0 Å². The van der Waals surface area contributed by atoms with Crippen LogP contribution < -0.4 is 5.32 Å². The molecule has 0 radical (unpaired) electrons. The third-order valence-corrected chi connectivity index (χ3v) is 1.76. The highest BCUT2D eigenvalue weighted by Gasteiger charge is 2.14. The normalized spacial score (nSPS) is 20.1. The monoisotopic (exact) mass is 127 g/mol. The Morgan fingerprint density at radius 3 is 2.44 bits per heavy atom. The molecular weight excluding hydrogens is 114 g/mol. The summed E-state index contributed by atoms with van der Waals surface area (Å²) < 4.78 is 0. The van der Waals surface area contributed by atoms with Crippen LogP contribution in [0.2, 0.25) is 0 Å². The molecule has 1 rings (SSSR count). The summed E-state index contributed by atoms with van der Waals surface area (Å²) >= 11 is 0. The average Bonchev–Trinajstić information content (AvgIpc) is 2.15. The van der Waals surface area contributed by atoms with Gasteiger partial charge in [0.1, 0.15) is 0 Å². The quantitative estimate of drug-likeness (QED) is 0.560. The van der Waals surface area contributed by atoms with Crippen LogP contribution in [0.25, 0.3) is 0 Å². The van der Waals surface area contributed by atoms with E-state index in [1.54, 1.807) is 6.92 Å². The predicted molar refractivity (Wildman–Crippen MR) is 36.1 cm³/mol. The highest BCUT2D eigenvalue weighted by Crippen LogP contribution is 2.17. The molecule has 0 aromatic carbocycles. The lowest BCUT2D eigenvalue weighted by atomic mass is 10.2. The Morgan fingerprint density at radius 1 is 1.44 bits per heavy atom. The van der Waals surface area contributed by atoms with Gasteiger partial charge in [-0.15, -0.1) is 0 Å². The summed E-state index contributed by atoms with van der Waals surface area (Å²) in [5.74, 6) is 0.113. The van der Waals surface area contributed by atoms with Crippen molar-refractivity contribution in [2.24, 2.45) is 0 Å². The molecule has 1 amide bonds. The zero-order valence-electron chi connectivity index (χ0n) is 5.81. The number of nitrogens with one attached hydrogen (secondary N) is 1. The van der Waals surface area contributed by atoms with E-state index in [0.29, 0.717) is 6.04 Å². The van der Waals surface area contributed by atoms with E-state index in [2.05, 4.69) is 5.32 Å².